The molecule has 1 aromatic carbocycles. The smallest absolute Gasteiger partial charge is 0.327 e. The highest BCUT2D eigenvalue weighted by molar-refractivity contribution is 8.01. The van der Waals surface area contributed by atoms with Gasteiger partial charge >= 0.3 is 11.9 Å². The molecular weight excluding hydrogens is 626 g/mol. The molecule has 2 aliphatic heterocycles. The lowest BCUT2D eigenvalue weighted by molar-refractivity contribution is -0.161. The third kappa shape index (κ3) is 9.69. The molecule has 0 aromatic heterocycles. The van der Waals surface area contributed by atoms with Crippen molar-refractivity contribution in [2.24, 2.45) is 17.2 Å². The van der Waals surface area contributed by atoms with E-state index in [0.29, 0.717) is 24.9 Å². The molecular formula is C27H41N9O9S. The Balaban J connectivity index is 0.000000521. The number of carboxylic acid groups (broad SMARTS) is 2. The van der Waals surface area contributed by atoms with Crippen molar-refractivity contribution in [3.05, 3.63) is 29.8 Å². The van der Waals surface area contributed by atoms with E-state index in [0.717, 1.165) is 0 Å². The van der Waals surface area contributed by atoms with Crippen molar-refractivity contribution < 1.29 is 44.1 Å². The number of benzene rings is 1. The summed E-state index contributed by atoms with van der Waals surface area (Å²) in [6.45, 7) is 3.92. The van der Waals surface area contributed by atoms with Gasteiger partial charge in [0.2, 0.25) is 23.6 Å². The van der Waals surface area contributed by atoms with Crippen LogP contribution in [0.15, 0.2) is 24.3 Å². The van der Waals surface area contributed by atoms with E-state index in [-0.39, 0.29) is 18.1 Å². The maximum Gasteiger partial charge on any atom is 0.327 e. The minimum absolute atomic E-state index is 0.0559. The molecule has 0 radical (unpaired) electrons. The molecule has 1 unspecified atom stereocenters. The van der Waals surface area contributed by atoms with Crippen LogP contribution in [-0.4, -0.2) is 110 Å². The number of guanidine groups is 1. The Morgan fingerprint density at radius 3 is 2.20 bits per heavy atom. The first kappa shape index (κ1) is 37.6. The SMILES string of the molecule is CNC(=O)C[C@@H](N)C(=O)N[C@@H](C(=O)N[C@@H]1C(=O)N2[C@@H]1SC(C)(C)[C@@H]2C(=O)O)c1ccc(O)cc1.N=C(N)NCCCC(N)C(=O)O. The number of carbonyl (C=O) groups excluding carboxylic acids is 4. The number of carboxylic acids is 2. The Kier molecular flexibility index (Phi) is 13.1. The molecule has 0 aliphatic carbocycles. The van der Waals surface area contributed by atoms with Gasteiger partial charge in [0.15, 0.2) is 5.96 Å². The largest absolute Gasteiger partial charge is 0.508 e. The minimum atomic E-state index is -1.28. The monoisotopic (exact) mass is 667 g/mol. The van der Waals surface area contributed by atoms with Gasteiger partial charge < -0.3 is 58.7 Å². The van der Waals surface area contributed by atoms with Crippen molar-refractivity contribution in [1.82, 2.24) is 26.2 Å². The van der Waals surface area contributed by atoms with E-state index >= 15 is 0 Å². The van der Waals surface area contributed by atoms with Crippen molar-refractivity contribution in [2.45, 2.75) is 73.4 Å². The number of fused-ring (bicyclic) bond motifs is 1. The molecule has 0 saturated carbocycles. The molecule has 2 fully saturated rings. The van der Waals surface area contributed by atoms with E-state index in [2.05, 4.69) is 21.3 Å². The maximum atomic E-state index is 13.2. The molecule has 4 amide bonds. The van der Waals surface area contributed by atoms with Crippen molar-refractivity contribution in [3.63, 3.8) is 0 Å². The van der Waals surface area contributed by atoms with Crippen LogP contribution < -0.4 is 38.5 Å². The van der Waals surface area contributed by atoms with Gasteiger partial charge in [-0.15, -0.1) is 11.8 Å². The van der Waals surface area contributed by atoms with Crippen LogP contribution in [0.5, 0.6) is 5.75 Å². The van der Waals surface area contributed by atoms with E-state index < -0.39 is 75.9 Å². The number of carbonyl (C=O) groups is 6. The lowest BCUT2D eigenvalue weighted by atomic mass is 9.95. The lowest BCUT2D eigenvalue weighted by Crippen LogP contribution is -2.71. The zero-order valence-corrected chi connectivity index (χ0v) is 26.3. The molecule has 6 atom stereocenters. The number of thioether (sulfide) groups is 1. The average Bonchev–Trinajstić information content (AvgIpc) is 3.24. The molecule has 0 bridgehead atoms. The molecule has 254 valence electrons. The molecule has 19 heteroatoms. The fraction of sp³-hybridized carbons (Fsp3) is 0.519. The van der Waals surface area contributed by atoms with E-state index in [1.807, 2.05) is 0 Å². The molecule has 2 heterocycles. The summed E-state index contributed by atoms with van der Waals surface area (Å²) in [4.78, 5) is 73.2. The van der Waals surface area contributed by atoms with E-state index in [1.54, 1.807) is 13.8 Å². The second-order valence-electron chi connectivity index (χ2n) is 11.0. The first-order chi connectivity index (χ1) is 21.4. The summed E-state index contributed by atoms with van der Waals surface area (Å²) in [6.07, 6.45) is 0.676. The van der Waals surface area contributed by atoms with Gasteiger partial charge in [-0.1, -0.05) is 12.1 Å². The van der Waals surface area contributed by atoms with Gasteiger partial charge in [0.05, 0.1) is 12.5 Å². The van der Waals surface area contributed by atoms with Crippen LogP contribution in [0, 0.1) is 5.41 Å². The summed E-state index contributed by atoms with van der Waals surface area (Å²) in [7, 11) is 1.40. The predicted molar refractivity (Wildman–Crippen MR) is 166 cm³/mol. The number of nitrogens with two attached hydrogens (primary N) is 3. The predicted octanol–water partition coefficient (Wildman–Crippen LogP) is -2.69. The van der Waals surface area contributed by atoms with Gasteiger partial charge in [-0.05, 0) is 44.4 Å². The first-order valence-corrected chi connectivity index (χ1v) is 14.9. The Hall–Kier alpha value is -4.62. The van der Waals surface area contributed by atoms with Gasteiger partial charge in [-0.2, -0.15) is 0 Å². The summed E-state index contributed by atoms with van der Waals surface area (Å²) in [5.41, 5.74) is 16.3. The van der Waals surface area contributed by atoms with E-state index in [4.69, 9.17) is 27.7 Å². The third-order valence-corrected chi connectivity index (χ3v) is 8.66. The molecule has 14 N–H and O–H groups in total. The molecule has 18 nitrogen and oxygen atoms in total. The summed E-state index contributed by atoms with van der Waals surface area (Å²) < 4.78 is -0.761. The number of β-lactam (4-membered cyclic amide) rings is 1. The normalized spacial score (nSPS) is 21.1. The number of phenols is 1. The molecule has 2 saturated heterocycles. The summed E-state index contributed by atoms with van der Waals surface area (Å²) in [6, 6.07) is 0.176. The third-order valence-electron chi connectivity index (χ3n) is 7.09. The van der Waals surface area contributed by atoms with Crippen LogP contribution in [0.3, 0.4) is 0 Å². The van der Waals surface area contributed by atoms with Crippen molar-refractivity contribution in [3.8, 4) is 5.75 Å². The van der Waals surface area contributed by atoms with E-state index in [9.17, 15) is 39.0 Å². The second-order valence-corrected chi connectivity index (χ2v) is 12.8. The standard InChI is InChI=1S/C21H27N5O7S.C6H14N4O2/c1-21(2)15(20(32)33)26-18(31)14(19(26)34-21)25-17(30)13(9-4-6-10(27)7-5-9)24-16(29)11(22)8-12(28)23-3;7-4(5(11)12)2-1-3-10-6(8)9/h4-7,11,13-15,19,27H,8,22H2,1-3H3,(H,23,28)(H,24,29)(H,25,30)(H,32,33);4H,1-3,7H2,(H,11,12)(H4,8,9,10)/t11-,13-,14-,15+,19-;/m1./s1. The van der Waals surface area contributed by atoms with Crippen LogP contribution >= 0.6 is 11.8 Å². The van der Waals surface area contributed by atoms with Gasteiger partial charge in [0.25, 0.3) is 0 Å². The van der Waals surface area contributed by atoms with Gasteiger partial charge in [0, 0.05) is 18.3 Å². The van der Waals surface area contributed by atoms with Crippen LogP contribution in [-0.2, 0) is 28.8 Å². The van der Waals surface area contributed by atoms with Crippen molar-refractivity contribution in [1.29, 1.82) is 5.41 Å². The van der Waals surface area contributed by atoms with Crippen LogP contribution in [0.1, 0.15) is 44.7 Å². The van der Waals surface area contributed by atoms with Crippen molar-refractivity contribution >= 4 is 53.3 Å². The van der Waals surface area contributed by atoms with E-state index in [1.165, 1.54) is 48.0 Å². The molecule has 3 rings (SSSR count). The maximum absolute atomic E-state index is 13.2. The number of hydrogen-bond acceptors (Lipinski definition) is 11. The van der Waals surface area contributed by atoms with Crippen LogP contribution in [0.2, 0.25) is 0 Å². The Labute approximate surface area is 268 Å². The van der Waals surface area contributed by atoms with Crippen LogP contribution in [0.25, 0.3) is 0 Å². The van der Waals surface area contributed by atoms with Crippen LogP contribution in [0.4, 0.5) is 0 Å². The number of phenolic OH excluding ortho intramolecular Hbond substituents is 1. The highest BCUT2D eigenvalue weighted by atomic mass is 32.2. The molecule has 2 aliphatic rings. The number of aromatic hydroxyl groups is 1. The van der Waals surface area contributed by atoms with Crippen molar-refractivity contribution in [2.75, 3.05) is 13.6 Å². The zero-order valence-electron chi connectivity index (χ0n) is 25.5. The average molecular weight is 668 g/mol. The number of rotatable bonds is 13. The fourth-order valence-corrected chi connectivity index (χ4v) is 6.29. The molecule has 1 aromatic rings. The number of nitrogens with one attached hydrogen (secondary N) is 5. The van der Waals surface area contributed by atoms with Gasteiger partial charge in [-0.3, -0.25) is 29.4 Å². The second kappa shape index (κ2) is 16.1. The minimum Gasteiger partial charge on any atom is -0.508 e. The Morgan fingerprint density at radius 1 is 1.07 bits per heavy atom. The molecule has 46 heavy (non-hydrogen) atoms. The number of aliphatic carboxylic acids is 2. The summed E-state index contributed by atoms with van der Waals surface area (Å²) in [5.74, 6) is -4.77. The van der Waals surface area contributed by atoms with Gasteiger partial charge in [0.1, 0.15) is 35.3 Å². The quantitative estimate of drug-likeness (QED) is 0.0442. The van der Waals surface area contributed by atoms with Gasteiger partial charge in [-0.25, -0.2) is 4.79 Å². The lowest BCUT2D eigenvalue weighted by Gasteiger charge is -2.44. The highest BCUT2D eigenvalue weighted by Crippen LogP contribution is 2.50. The fourth-order valence-electron chi connectivity index (χ4n) is 4.66. The first-order valence-electron chi connectivity index (χ1n) is 14.1. The number of nitrogens with zero attached hydrogens (tertiary/aromatic N) is 1. The highest BCUT2D eigenvalue weighted by Gasteiger charge is 2.64. The summed E-state index contributed by atoms with van der Waals surface area (Å²) in [5, 5.41) is 43.7. The number of hydrogen-bond donors (Lipinski definition) is 11. The molecule has 0 spiro atoms. The topological polar surface area (TPSA) is 316 Å². The summed E-state index contributed by atoms with van der Waals surface area (Å²) >= 11 is 1.27. The Bertz CT molecular complexity index is 1330. The zero-order chi connectivity index (χ0) is 34.9. The Morgan fingerprint density at radius 2 is 1.67 bits per heavy atom. The number of amides is 4.